The van der Waals surface area contributed by atoms with Gasteiger partial charge in [0.25, 0.3) is 11.8 Å². The quantitative estimate of drug-likeness (QED) is 0.724. The van der Waals surface area contributed by atoms with Gasteiger partial charge in [-0.3, -0.25) is 14.4 Å². The maximum atomic E-state index is 13.0. The van der Waals surface area contributed by atoms with Crippen molar-refractivity contribution >= 4 is 23.5 Å². The first-order valence-corrected chi connectivity index (χ1v) is 10.4. The number of amides is 2. The minimum absolute atomic E-state index is 0.0342. The average molecular weight is 410 g/mol. The Kier molecular flexibility index (Phi) is 5.61. The van der Waals surface area contributed by atoms with Crippen molar-refractivity contribution in [2.75, 3.05) is 18.0 Å². The zero-order valence-electron chi connectivity index (χ0n) is 17.2. The van der Waals surface area contributed by atoms with Crippen LogP contribution in [0.1, 0.15) is 42.8 Å². The zero-order chi connectivity index (χ0) is 21.3. The van der Waals surface area contributed by atoms with Crippen LogP contribution in [0.15, 0.2) is 47.1 Å². The second-order valence-electron chi connectivity index (χ2n) is 8.01. The van der Waals surface area contributed by atoms with Crippen molar-refractivity contribution < 1.29 is 23.5 Å². The maximum absolute atomic E-state index is 13.0. The van der Waals surface area contributed by atoms with E-state index in [0.717, 1.165) is 17.7 Å². The molecule has 7 heteroatoms. The predicted octanol–water partition coefficient (Wildman–Crippen LogP) is 3.04. The molecule has 1 fully saturated rings. The molecule has 2 amide bonds. The van der Waals surface area contributed by atoms with Crippen LogP contribution in [-0.2, 0) is 20.7 Å². The van der Waals surface area contributed by atoms with Gasteiger partial charge < -0.3 is 19.0 Å². The van der Waals surface area contributed by atoms with Crippen molar-refractivity contribution in [3.63, 3.8) is 0 Å². The first-order valence-electron chi connectivity index (χ1n) is 10.4. The minimum Gasteiger partial charge on any atom is -0.459 e. The van der Waals surface area contributed by atoms with Gasteiger partial charge in [-0.1, -0.05) is 18.2 Å². The lowest BCUT2D eigenvalue weighted by Crippen LogP contribution is -2.45. The Hall–Kier alpha value is -3.09. The lowest BCUT2D eigenvalue weighted by molar-refractivity contribution is -0.159. The monoisotopic (exact) mass is 410 g/mol. The van der Waals surface area contributed by atoms with Gasteiger partial charge in [0, 0.05) is 24.8 Å². The Bertz CT molecular complexity index is 931. The average Bonchev–Trinajstić information content (AvgIpc) is 3.40. The van der Waals surface area contributed by atoms with Crippen LogP contribution in [0.25, 0.3) is 0 Å². The van der Waals surface area contributed by atoms with Gasteiger partial charge in [-0.25, -0.2) is 0 Å². The second-order valence-corrected chi connectivity index (χ2v) is 8.01. The van der Waals surface area contributed by atoms with E-state index in [4.69, 9.17) is 9.15 Å². The molecule has 30 heavy (non-hydrogen) atoms. The molecule has 2 aromatic rings. The Morgan fingerprint density at radius 3 is 2.53 bits per heavy atom. The molecule has 1 saturated heterocycles. The molecule has 158 valence electrons. The fourth-order valence-electron chi connectivity index (χ4n) is 4.29. The topological polar surface area (TPSA) is 80.1 Å². The van der Waals surface area contributed by atoms with E-state index in [1.54, 1.807) is 28.9 Å². The van der Waals surface area contributed by atoms with E-state index in [0.29, 0.717) is 31.7 Å². The molecule has 3 heterocycles. The molecule has 1 aromatic carbocycles. The lowest BCUT2D eigenvalue weighted by atomic mass is 9.97. The third-order valence-corrected chi connectivity index (χ3v) is 5.93. The molecule has 0 N–H and O–H groups in total. The predicted molar refractivity (Wildman–Crippen MR) is 110 cm³/mol. The summed E-state index contributed by atoms with van der Waals surface area (Å²) in [5.41, 5.74) is 2.02. The van der Waals surface area contributed by atoms with E-state index in [2.05, 4.69) is 0 Å². The van der Waals surface area contributed by atoms with Crippen LogP contribution < -0.4 is 4.90 Å². The normalized spacial score (nSPS) is 20.0. The first-order chi connectivity index (χ1) is 14.5. The number of hydrogen-bond donors (Lipinski definition) is 0. The Balaban J connectivity index is 1.32. The van der Waals surface area contributed by atoms with Gasteiger partial charge in [0.15, 0.2) is 11.9 Å². The number of carbonyl (C=O) groups is 3. The molecule has 0 spiro atoms. The van der Waals surface area contributed by atoms with E-state index in [-0.39, 0.29) is 29.7 Å². The number of fused-ring (bicyclic) bond motifs is 1. The van der Waals surface area contributed by atoms with Crippen molar-refractivity contribution in [1.82, 2.24) is 4.90 Å². The van der Waals surface area contributed by atoms with Crippen LogP contribution in [0.2, 0.25) is 0 Å². The highest BCUT2D eigenvalue weighted by molar-refractivity contribution is 5.99. The molecule has 7 nitrogen and oxygen atoms in total. The van der Waals surface area contributed by atoms with Crippen molar-refractivity contribution in [3.05, 3.63) is 54.0 Å². The van der Waals surface area contributed by atoms with Crippen LogP contribution in [0.4, 0.5) is 5.69 Å². The van der Waals surface area contributed by atoms with Crippen LogP contribution in [-0.4, -0.2) is 47.9 Å². The highest BCUT2D eigenvalue weighted by atomic mass is 16.5. The number of furan rings is 1. The fourth-order valence-corrected chi connectivity index (χ4v) is 4.29. The number of ether oxygens (including phenoxy) is 1. The summed E-state index contributed by atoms with van der Waals surface area (Å²) in [6, 6.07) is 11.2. The van der Waals surface area contributed by atoms with Crippen molar-refractivity contribution in [3.8, 4) is 0 Å². The summed E-state index contributed by atoms with van der Waals surface area (Å²) < 4.78 is 10.7. The second kappa shape index (κ2) is 8.34. The molecule has 2 atom stereocenters. The Labute approximate surface area is 175 Å². The van der Waals surface area contributed by atoms with E-state index in [1.807, 2.05) is 31.2 Å². The smallest absolute Gasteiger partial charge is 0.309 e. The molecule has 1 aromatic heterocycles. The molecule has 0 aliphatic carbocycles. The van der Waals surface area contributed by atoms with Gasteiger partial charge in [-0.2, -0.15) is 0 Å². The number of para-hydroxylation sites is 1. The summed E-state index contributed by atoms with van der Waals surface area (Å²) in [7, 11) is 0. The number of rotatable bonds is 4. The molecule has 4 rings (SSSR count). The van der Waals surface area contributed by atoms with E-state index in [1.165, 1.54) is 6.26 Å². The third kappa shape index (κ3) is 3.84. The van der Waals surface area contributed by atoms with Crippen LogP contribution in [0, 0.1) is 5.92 Å². The van der Waals surface area contributed by atoms with Gasteiger partial charge in [-0.15, -0.1) is 0 Å². The number of likely N-dealkylation sites (tertiary alicyclic amines) is 1. The summed E-state index contributed by atoms with van der Waals surface area (Å²) in [5.74, 6) is -0.760. The highest BCUT2D eigenvalue weighted by Crippen LogP contribution is 2.32. The van der Waals surface area contributed by atoms with Crippen molar-refractivity contribution in [1.29, 1.82) is 0 Å². The van der Waals surface area contributed by atoms with Gasteiger partial charge in [0.1, 0.15) is 0 Å². The van der Waals surface area contributed by atoms with Gasteiger partial charge >= 0.3 is 5.97 Å². The molecular weight excluding hydrogens is 384 g/mol. The van der Waals surface area contributed by atoms with Gasteiger partial charge in [0.2, 0.25) is 0 Å². The molecule has 0 radical (unpaired) electrons. The van der Waals surface area contributed by atoms with Crippen molar-refractivity contribution in [2.24, 2.45) is 5.92 Å². The summed E-state index contributed by atoms with van der Waals surface area (Å²) in [6.45, 7) is 4.54. The van der Waals surface area contributed by atoms with E-state index < -0.39 is 6.10 Å². The zero-order valence-corrected chi connectivity index (χ0v) is 17.2. The Morgan fingerprint density at radius 2 is 1.83 bits per heavy atom. The number of nitrogens with zero attached hydrogens (tertiary/aromatic N) is 2. The standard InChI is InChI=1S/C23H26N2O5/c1-15-14-18-6-3-4-7-19(18)25(15)21(26)16(2)30-23(28)17-9-11-24(12-10-17)22(27)20-8-5-13-29-20/h3-8,13,15-17H,9-12,14H2,1-2H3/t15-,16-/m1/s1. The summed E-state index contributed by atoms with van der Waals surface area (Å²) >= 11 is 0. The van der Waals surface area contributed by atoms with Crippen LogP contribution >= 0.6 is 0 Å². The Morgan fingerprint density at radius 1 is 1.10 bits per heavy atom. The highest BCUT2D eigenvalue weighted by Gasteiger charge is 2.36. The number of anilines is 1. The number of piperidine rings is 1. The molecule has 2 aliphatic rings. The SMILES string of the molecule is C[C@@H]1Cc2ccccc2N1C(=O)[C@@H](C)OC(=O)C1CCN(C(=O)c2ccco2)CC1. The summed E-state index contributed by atoms with van der Waals surface area (Å²) in [6.07, 6.45) is 2.43. The van der Waals surface area contributed by atoms with E-state index >= 15 is 0 Å². The van der Waals surface area contributed by atoms with Crippen LogP contribution in [0.5, 0.6) is 0 Å². The number of carbonyl (C=O) groups excluding carboxylic acids is 3. The van der Waals surface area contributed by atoms with Crippen LogP contribution in [0.3, 0.4) is 0 Å². The largest absolute Gasteiger partial charge is 0.459 e. The molecule has 0 unspecified atom stereocenters. The summed E-state index contributed by atoms with van der Waals surface area (Å²) in [5, 5.41) is 0. The third-order valence-electron chi connectivity index (χ3n) is 5.93. The van der Waals surface area contributed by atoms with E-state index in [9.17, 15) is 14.4 Å². The van der Waals surface area contributed by atoms with Gasteiger partial charge in [-0.05, 0) is 56.9 Å². The van der Waals surface area contributed by atoms with Crippen molar-refractivity contribution in [2.45, 2.75) is 45.3 Å². The molecule has 0 bridgehead atoms. The summed E-state index contributed by atoms with van der Waals surface area (Å²) in [4.78, 5) is 41.4. The fraction of sp³-hybridized carbons (Fsp3) is 0.435. The first kappa shape index (κ1) is 20.2. The number of hydrogen-bond acceptors (Lipinski definition) is 5. The number of benzene rings is 1. The van der Waals surface area contributed by atoms with Gasteiger partial charge in [0.05, 0.1) is 12.2 Å². The lowest BCUT2D eigenvalue weighted by Gasteiger charge is -2.31. The maximum Gasteiger partial charge on any atom is 0.309 e. The molecule has 0 saturated carbocycles. The molecular formula is C23H26N2O5. The minimum atomic E-state index is -0.853. The number of esters is 1. The molecule has 2 aliphatic heterocycles.